The summed E-state index contributed by atoms with van der Waals surface area (Å²) in [6, 6.07) is 0. The molecule has 0 aromatic heterocycles. The molecule has 0 bridgehead atoms. The van der Waals surface area contributed by atoms with Crippen molar-refractivity contribution in [2.75, 3.05) is 0 Å². The molecule has 0 fully saturated rings. The summed E-state index contributed by atoms with van der Waals surface area (Å²) in [5.74, 6) is 0. The average Bonchev–Trinajstić information content (AvgIpc) is 2.56. The van der Waals surface area contributed by atoms with Gasteiger partial charge in [-0.1, -0.05) is 0 Å². The first-order valence-electron chi connectivity index (χ1n) is 3.94. The maximum absolute atomic E-state index is 9.77. The van der Waals surface area contributed by atoms with E-state index in [4.69, 9.17) is 0 Å². The fraction of sp³-hybridized carbons (Fsp3) is 0.273. The Morgan fingerprint density at radius 1 is 1.57 bits per heavy atom. The van der Waals surface area contributed by atoms with Gasteiger partial charge < -0.3 is 9.59 Å². The van der Waals surface area contributed by atoms with Crippen LogP contribution in [0.2, 0.25) is 0 Å². The van der Waals surface area contributed by atoms with Crippen molar-refractivity contribution in [2.45, 2.75) is 19.8 Å². The van der Waals surface area contributed by atoms with Gasteiger partial charge in [0.1, 0.15) is 0 Å². The van der Waals surface area contributed by atoms with E-state index in [-0.39, 0.29) is 17.1 Å². The molecule has 76 valence electrons. The molecule has 0 saturated heterocycles. The minimum Gasteiger partial charge on any atom is -0.541 e. The van der Waals surface area contributed by atoms with Crippen LogP contribution in [0.4, 0.5) is 0 Å². The van der Waals surface area contributed by atoms with E-state index < -0.39 is 0 Å². The van der Waals surface area contributed by atoms with Crippen molar-refractivity contribution in [1.82, 2.24) is 0 Å². The summed E-state index contributed by atoms with van der Waals surface area (Å²) >= 11 is 0. The molecule has 0 unspecified atom stereocenters. The number of rotatable bonds is 3. The molecule has 14 heavy (non-hydrogen) atoms. The Labute approximate surface area is 95.2 Å². The van der Waals surface area contributed by atoms with Crippen molar-refractivity contribution in [2.24, 2.45) is 0 Å². The number of hydrogen-bond acceptors (Lipinski definition) is 2. The Morgan fingerprint density at radius 2 is 2.21 bits per heavy atom. The van der Waals surface area contributed by atoms with Gasteiger partial charge in [0.15, 0.2) is 0 Å². The van der Waals surface area contributed by atoms with Crippen molar-refractivity contribution in [1.29, 1.82) is 0 Å². The van der Waals surface area contributed by atoms with Gasteiger partial charge in [-0.15, -0.1) is 30.7 Å². The Morgan fingerprint density at radius 3 is 2.36 bits per heavy atom. The van der Waals surface area contributed by atoms with Gasteiger partial charge in [0.2, 0.25) is 0 Å². The van der Waals surface area contributed by atoms with Crippen molar-refractivity contribution in [3.8, 4) is 0 Å². The van der Waals surface area contributed by atoms with E-state index in [1.165, 1.54) is 0 Å². The molecule has 0 heterocycles. The quantitative estimate of drug-likeness (QED) is 0.424. The first-order valence-corrected chi connectivity index (χ1v) is 3.94. The Balaban J connectivity index is 0. The summed E-state index contributed by atoms with van der Waals surface area (Å²) < 4.78 is 0. The van der Waals surface area contributed by atoms with Gasteiger partial charge in [-0.05, 0) is 19.6 Å². The summed E-state index contributed by atoms with van der Waals surface area (Å²) in [5.41, 5.74) is 1.62. The van der Waals surface area contributed by atoms with Crippen LogP contribution in [0, 0.1) is 0 Å². The summed E-state index contributed by atoms with van der Waals surface area (Å²) in [4.78, 5) is 19.2. The monoisotopic (exact) mass is 232 g/mol. The predicted octanol–water partition coefficient (Wildman–Crippen LogP) is 2.04. The second kappa shape index (κ2) is 10.2. The molecule has 0 atom stereocenters. The fourth-order valence-electron chi connectivity index (χ4n) is 0.646. The van der Waals surface area contributed by atoms with Crippen molar-refractivity contribution < 1.29 is 26.7 Å². The Bertz CT molecular complexity index is 252. The van der Waals surface area contributed by atoms with Crippen LogP contribution in [-0.2, 0) is 26.7 Å². The zero-order valence-electron chi connectivity index (χ0n) is 8.02. The summed E-state index contributed by atoms with van der Waals surface area (Å²) in [6.07, 6.45) is 10.2. The first-order chi connectivity index (χ1) is 6.20. The smallest absolute Gasteiger partial charge is 0.541 e. The second-order valence-electron chi connectivity index (χ2n) is 2.70. The number of carbonyl (C=O) groups excluding carboxylic acids is 2. The summed E-state index contributed by atoms with van der Waals surface area (Å²) in [7, 11) is 0. The molecule has 0 aliphatic heterocycles. The van der Waals surface area contributed by atoms with Crippen LogP contribution in [0.15, 0.2) is 36.0 Å². The number of allylic oxidation sites excluding steroid dienone is 5. The van der Waals surface area contributed by atoms with Crippen LogP contribution in [0.25, 0.3) is 0 Å². The fourth-order valence-corrected chi connectivity index (χ4v) is 0.646. The van der Waals surface area contributed by atoms with Gasteiger partial charge >= 0.3 is 17.1 Å². The van der Waals surface area contributed by atoms with E-state index in [1.807, 2.05) is 18.4 Å². The van der Waals surface area contributed by atoms with E-state index in [9.17, 15) is 9.59 Å². The van der Waals surface area contributed by atoms with Gasteiger partial charge in [-0.25, -0.2) is 6.08 Å². The molecule has 0 radical (unpaired) electrons. The van der Waals surface area contributed by atoms with E-state index in [2.05, 4.69) is 6.58 Å². The standard InChI is InChI=1S/C6H5O.C5H7O.Fe/c7-5-6-3-1-2-4-6;1-5(2)3-4-6;/h1-3H,4H2;1,3H2,2H3;/q2*-1;+2. The van der Waals surface area contributed by atoms with Crippen LogP contribution < -0.4 is 0 Å². The van der Waals surface area contributed by atoms with E-state index in [0.29, 0.717) is 6.42 Å². The topological polar surface area (TPSA) is 34.1 Å². The molecule has 1 aliphatic rings. The van der Waals surface area contributed by atoms with Crippen LogP contribution in [0.3, 0.4) is 0 Å². The van der Waals surface area contributed by atoms with Gasteiger partial charge in [0.25, 0.3) is 0 Å². The van der Waals surface area contributed by atoms with Crippen LogP contribution in [-0.4, -0.2) is 12.6 Å². The molecule has 0 spiro atoms. The third-order valence-electron chi connectivity index (χ3n) is 1.28. The molecular weight excluding hydrogens is 220 g/mol. The molecule has 0 N–H and O–H groups in total. The van der Waals surface area contributed by atoms with Gasteiger partial charge in [-0.2, -0.15) is 5.57 Å². The second-order valence-corrected chi connectivity index (χ2v) is 2.70. The molecule has 0 aromatic carbocycles. The zero-order valence-corrected chi connectivity index (χ0v) is 9.13. The maximum atomic E-state index is 9.77. The zero-order chi connectivity index (χ0) is 10.1. The third-order valence-corrected chi connectivity index (χ3v) is 1.28. The van der Waals surface area contributed by atoms with Crippen LogP contribution in [0.5, 0.6) is 0 Å². The van der Waals surface area contributed by atoms with Gasteiger partial charge in [0, 0.05) is 0 Å². The summed E-state index contributed by atoms with van der Waals surface area (Å²) in [5, 5.41) is 0. The van der Waals surface area contributed by atoms with Crippen LogP contribution >= 0.6 is 0 Å². The Kier molecular flexibility index (Phi) is 11.3. The van der Waals surface area contributed by atoms with Gasteiger partial charge in [0.05, 0.1) is 0 Å². The van der Waals surface area contributed by atoms with E-state index in [0.717, 1.165) is 17.6 Å². The minimum absolute atomic E-state index is 0. The first kappa shape index (κ1) is 15.5. The van der Waals surface area contributed by atoms with Gasteiger partial charge in [-0.3, -0.25) is 6.29 Å². The molecule has 0 amide bonds. The number of hydrogen-bond donors (Lipinski definition) is 0. The molecule has 2 nitrogen and oxygen atoms in total. The molecule has 0 saturated carbocycles. The van der Waals surface area contributed by atoms with Crippen LogP contribution in [0.1, 0.15) is 19.8 Å². The van der Waals surface area contributed by atoms with E-state index in [1.54, 1.807) is 19.3 Å². The van der Waals surface area contributed by atoms with Crippen molar-refractivity contribution in [3.05, 3.63) is 36.0 Å². The van der Waals surface area contributed by atoms with E-state index >= 15 is 0 Å². The molecule has 1 aliphatic carbocycles. The molecular formula is C11H12FeO2. The maximum Gasteiger partial charge on any atom is 2.00 e. The average molecular weight is 232 g/mol. The SMILES string of the molecule is C=C(C)C[C-]=O.O=[C-]C1=CC=CC1.[Fe+2]. The predicted molar refractivity (Wildman–Crippen MR) is 52.7 cm³/mol. The van der Waals surface area contributed by atoms with Crippen molar-refractivity contribution >= 4 is 12.6 Å². The molecule has 1 rings (SSSR count). The Hall–Kier alpha value is -0.921. The third kappa shape index (κ3) is 9.17. The normalized spacial score (nSPS) is 11.6. The molecule has 0 aromatic rings. The largest absolute Gasteiger partial charge is 2.00 e. The van der Waals surface area contributed by atoms with Crippen molar-refractivity contribution in [3.63, 3.8) is 0 Å². The minimum atomic E-state index is 0. The molecule has 3 heteroatoms. The summed E-state index contributed by atoms with van der Waals surface area (Å²) in [6.45, 7) is 5.28.